The quantitative estimate of drug-likeness (QED) is 0.319. The van der Waals surface area contributed by atoms with Crippen LogP contribution in [0.3, 0.4) is 0 Å². The molecule has 8 heteroatoms. The van der Waals surface area contributed by atoms with Crippen LogP contribution >= 0.6 is 11.8 Å². The van der Waals surface area contributed by atoms with Gasteiger partial charge in [0.2, 0.25) is 0 Å². The topological polar surface area (TPSA) is 105 Å². The second-order valence-electron chi connectivity index (χ2n) is 8.66. The molecule has 0 radical (unpaired) electrons. The Hall–Kier alpha value is -1.90. The molecule has 0 heterocycles. The molecule has 6 atom stereocenters. The van der Waals surface area contributed by atoms with Gasteiger partial charge < -0.3 is 29.5 Å². The molecule has 2 saturated carbocycles. The first-order valence-electron chi connectivity index (χ1n) is 11.1. The molecule has 178 valence electrons. The molecule has 2 fully saturated rings. The normalized spacial score (nSPS) is 27.9. The highest BCUT2D eigenvalue weighted by Gasteiger charge is 2.46. The van der Waals surface area contributed by atoms with Crippen molar-refractivity contribution in [1.29, 1.82) is 0 Å². The smallest absolute Gasteiger partial charge is 0.313 e. The zero-order valence-electron chi connectivity index (χ0n) is 18.7. The largest absolute Gasteiger partial charge is 0.493 e. The Bertz CT molecular complexity index is 784. The van der Waals surface area contributed by atoms with E-state index < -0.39 is 12.1 Å². The first-order chi connectivity index (χ1) is 15.4. The molecule has 1 aromatic rings. The molecule has 7 nitrogen and oxygen atoms in total. The number of thioether (sulfide) groups is 1. The van der Waals surface area contributed by atoms with Crippen LogP contribution < -0.4 is 14.2 Å². The van der Waals surface area contributed by atoms with E-state index in [1.807, 2.05) is 6.08 Å². The van der Waals surface area contributed by atoms with E-state index in [9.17, 15) is 15.0 Å². The highest BCUT2D eigenvalue weighted by Crippen LogP contribution is 2.51. The molecule has 0 bridgehead atoms. The van der Waals surface area contributed by atoms with Gasteiger partial charge in [0.15, 0.2) is 11.5 Å². The van der Waals surface area contributed by atoms with Crippen LogP contribution in [0.4, 0.5) is 0 Å². The van der Waals surface area contributed by atoms with Gasteiger partial charge in [0, 0.05) is 12.0 Å². The minimum absolute atomic E-state index is 0.0485. The molecule has 0 spiro atoms. The fourth-order valence-electron chi connectivity index (χ4n) is 5.09. The summed E-state index contributed by atoms with van der Waals surface area (Å²) in [5, 5.41) is 29.6. The number of rotatable bonds is 12. The second-order valence-corrected chi connectivity index (χ2v) is 9.76. The van der Waals surface area contributed by atoms with Crippen molar-refractivity contribution in [2.75, 3.05) is 32.3 Å². The predicted octanol–water partition coefficient (Wildman–Crippen LogP) is 3.23. The van der Waals surface area contributed by atoms with Crippen molar-refractivity contribution < 1.29 is 34.3 Å². The van der Waals surface area contributed by atoms with Crippen LogP contribution in [0.2, 0.25) is 0 Å². The summed E-state index contributed by atoms with van der Waals surface area (Å²) in [5.74, 6) is 3.59. The van der Waals surface area contributed by atoms with E-state index in [0.717, 1.165) is 31.4 Å². The summed E-state index contributed by atoms with van der Waals surface area (Å²) in [6.45, 7) is 0.103. The number of carbonyl (C=O) groups is 1. The maximum absolute atomic E-state index is 10.6. The number of methoxy groups -OCH3 is 2. The van der Waals surface area contributed by atoms with Crippen molar-refractivity contribution in [2.24, 2.45) is 23.7 Å². The number of carboxylic acids is 1. The predicted molar refractivity (Wildman–Crippen MR) is 124 cm³/mol. The summed E-state index contributed by atoms with van der Waals surface area (Å²) >= 11 is 1.47. The minimum atomic E-state index is -0.779. The lowest BCUT2D eigenvalue weighted by Crippen LogP contribution is -2.20. The molecule has 32 heavy (non-hydrogen) atoms. The SMILES string of the molecule is COc1ccc(OCC(O)C=C[C@@H]2[C@@H]3CC(CCSCC(=O)O)C[C@H]3C[C@H]2O)cc1OC. The number of aliphatic hydroxyl groups is 2. The Morgan fingerprint density at radius 1 is 1.22 bits per heavy atom. The van der Waals surface area contributed by atoms with Crippen molar-refractivity contribution in [3.8, 4) is 17.2 Å². The third-order valence-corrected chi connectivity index (χ3v) is 7.53. The molecule has 0 saturated heterocycles. The number of fused-ring (bicyclic) bond motifs is 1. The average Bonchev–Trinajstić information content (AvgIpc) is 3.29. The van der Waals surface area contributed by atoms with Crippen molar-refractivity contribution in [3.63, 3.8) is 0 Å². The molecule has 2 aliphatic rings. The number of benzene rings is 1. The molecule has 3 rings (SSSR count). The van der Waals surface area contributed by atoms with Gasteiger partial charge in [-0.15, -0.1) is 0 Å². The molecule has 0 aliphatic heterocycles. The van der Waals surface area contributed by atoms with E-state index >= 15 is 0 Å². The Morgan fingerprint density at radius 2 is 2.00 bits per heavy atom. The average molecular weight is 467 g/mol. The number of hydrogen-bond donors (Lipinski definition) is 3. The first kappa shape index (κ1) is 24.7. The van der Waals surface area contributed by atoms with E-state index in [2.05, 4.69) is 0 Å². The molecule has 0 amide bonds. The number of ether oxygens (including phenoxy) is 3. The molecule has 2 aliphatic carbocycles. The van der Waals surface area contributed by atoms with Gasteiger partial charge in [-0.25, -0.2) is 0 Å². The number of hydrogen-bond acceptors (Lipinski definition) is 7. The highest BCUT2D eigenvalue weighted by molar-refractivity contribution is 7.99. The zero-order valence-corrected chi connectivity index (χ0v) is 19.5. The van der Waals surface area contributed by atoms with Gasteiger partial charge in [0.05, 0.1) is 26.1 Å². The molecule has 0 aromatic heterocycles. The summed E-state index contributed by atoms with van der Waals surface area (Å²) in [4.78, 5) is 10.6. The summed E-state index contributed by atoms with van der Waals surface area (Å²) in [6, 6.07) is 5.23. The van der Waals surface area contributed by atoms with Gasteiger partial charge in [0.1, 0.15) is 18.5 Å². The van der Waals surface area contributed by atoms with Crippen LogP contribution in [-0.4, -0.2) is 65.8 Å². The van der Waals surface area contributed by atoms with Gasteiger partial charge in [-0.2, -0.15) is 11.8 Å². The van der Waals surface area contributed by atoms with E-state index in [1.165, 1.54) is 11.8 Å². The van der Waals surface area contributed by atoms with Crippen LogP contribution in [0.5, 0.6) is 17.2 Å². The van der Waals surface area contributed by atoms with Crippen LogP contribution in [-0.2, 0) is 4.79 Å². The number of aliphatic carboxylic acids is 1. The van der Waals surface area contributed by atoms with Crippen LogP contribution in [0, 0.1) is 23.7 Å². The lowest BCUT2D eigenvalue weighted by Gasteiger charge is -2.19. The molecule has 3 N–H and O–H groups in total. The fourth-order valence-corrected chi connectivity index (χ4v) is 5.91. The Labute approximate surface area is 193 Å². The third-order valence-electron chi connectivity index (χ3n) is 6.56. The standard InChI is InChI=1S/C24H34O7S/c1-29-22-6-4-18(12-23(22)30-2)31-13-17(25)3-5-19-20-10-15(7-8-32-14-24(27)28)9-16(20)11-21(19)26/h3-6,12,15-17,19-21,25-26H,7-11,13-14H2,1-2H3,(H,27,28)/t15?,16-,17?,19+,20+,21+/m0/s1. The Morgan fingerprint density at radius 3 is 2.72 bits per heavy atom. The molecular formula is C24H34O7S. The van der Waals surface area contributed by atoms with E-state index in [1.54, 1.807) is 38.5 Å². The second kappa shape index (κ2) is 11.8. The van der Waals surface area contributed by atoms with E-state index in [-0.39, 0.29) is 24.4 Å². The number of carboxylic acid groups (broad SMARTS) is 1. The van der Waals surface area contributed by atoms with Gasteiger partial charge in [-0.3, -0.25) is 4.79 Å². The van der Waals surface area contributed by atoms with Crippen molar-refractivity contribution in [2.45, 2.75) is 37.9 Å². The van der Waals surface area contributed by atoms with Crippen LogP contribution in [0.1, 0.15) is 25.7 Å². The third kappa shape index (κ3) is 6.56. The van der Waals surface area contributed by atoms with Gasteiger partial charge in [-0.05, 0) is 61.3 Å². The monoisotopic (exact) mass is 466 g/mol. The van der Waals surface area contributed by atoms with Gasteiger partial charge in [-0.1, -0.05) is 12.2 Å². The lowest BCUT2D eigenvalue weighted by molar-refractivity contribution is -0.133. The molecule has 1 aromatic carbocycles. The number of aliphatic hydroxyl groups excluding tert-OH is 2. The maximum Gasteiger partial charge on any atom is 0.313 e. The highest BCUT2D eigenvalue weighted by atomic mass is 32.2. The van der Waals surface area contributed by atoms with Crippen molar-refractivity contribution in [1.82, 2.24) is 0 Å². The van der Waals surface area contributed by atoms with Crippen LogP contribution in [0.15, 0.2) is 30.4 Å². The summed E-state index contributed by atoms with van der Waals surface area (Å²) in [7, 11) is 3.13. The van der Waals surface area contributed by atoms with Crippen molar-refractivity contribution >= 4 is 17.7 Å². The van der Waals surface area contributed by atoms with Crippen LogP contribution in [0.25, 0.3) is 0 Å². The van der Waals surface area contributed by atoms with E-state index in [4.69, 9.17) is 19.3 Å². The summed E-state index contributed by atoms with van der Waals surface area (Å²) in [6.07, 6.45) is 6.53. The van der Waals surface area contributed by atoms with Gasteiger partial charge in [0.25, 0.3) is 0 Å². The zero-order chi connectivity index (χ0) is 23.1. The Balaban J connectivity index is 1.47. The Kier molecular flexibility index (Phi) is 9.13. The van der Waals surface area contributed by atoms with E-state index in [0.29, 0.717) is 35.0 Å². The fraction of sp³-hybridized carbons (Fsp3) is 0.625. The first-order valence-corrected chi connectivity index (χ1v) is 12.3. The van der Waals surface area contributed by atoms with Crippen molar-refractivity contribution in [3.05, 3.63) is 30.4 Å². The minimum Gasteiger partial charge on any atom is -0.493 e. The van der Waals surface area contributed by atoms with Gasteiger partial charge >= 0.3 is 5.97 Å². The molecule has 2 unspecified atom stereocenters. The summed E-state index contributed by atoms with van der Waals surface area (Å²) in [5.41, 5.74) is 0. The summed E-state index contributed by atoms with van der Waals surface area (Å²) < 4.78 is 16.2. The molecular weight excluding hydrogens is 432 g/mol. The maximum atomic E-state index is 10.6. The lowest BCUT2D eigenvalue weighted by atomic mass is 9.89.